The van der Waals surface area contributed by atoms with Crippen LogP contribution in [0.25, 0.3) is 22.5 Å². The molecule has 1 N–H and O–H groups in total. The molecule has 0 aliphatic heterocycles. The van der Waals surface area contributed by atoms with Gasteiger partial charge in [-0.2, -0.15) is 0 Å². The van der Waals surface area contributed by atoms with Gasteiger partial charge >= 0.3 is 5.97 Å². The van der Waals surface area contributed by atoms with Gasteiger partial charge < -0.3 is 14.6 Å². The highest BCUT2D eigenvalue weighted by molar-refractivity contribution is 7.99. The van der Waals surface area contributed by atoms with E-state index < -0.39 is 5.97 Å². The van der Waals surface area contributed by atoms with E-state index in [0.29, 0.717) is 28.2 Å². The number of nitrogens with zero attached hydrogens (tertiary/aromatic N) is 3. The Morgan fingerprint density at radius 2 is 1.92 bits per heavy atom. The molecule has 4 rings (SSSR count). The van der Waals surface area contributed by atoms with Gasteiger partial charge in [-0.1, -0.05) is 55.9 Å². The van der Waals surface area contributed by atoms with Gasteiger partial charge in [0.1, 0.15) is 10.6 Å². The first-order valence-corrected chi connectivity index (χ1v) is 14.2. The van der Waals surface area contributed by atoms with Crippen LogP contribution in [0.15, 0.2) is 46.9 Å². The van der Waals surface area contributed by atoms with Crippen LogP contribution in [-0.4, -0.2) is 39.5 Å². The second kappa shape index (κ2) is 11.4. The molecule has 0 aliphatic rings. The summed E-state index contributed by atoms with van der Waals surface area (Å²) in [4.78, 5) is 27.8. The number of rotatable bonds is 9. The number of carbonyl (C=O) groups is 2. The lowest BCUT2D eigenvalue weighted by molar-refractivity contribution is -0.113. The van der Waals surface area contributed by atoms with Gasteiger partial charge in [0, 0.05) is 32.8 Å². The van der Waals surface area contributed by atoms with Crippen molar-refractivity contribution in [1.82, 2.24) is 14.8 Å². The van der Waals surface area contributed by atoms with E-state index in [4.69, 9.17) is 4.74 Å². The topological polar surface area (TPSA) is 86.1 Å². The minimum Gasteiger partial charge on any atom is -0.465 e. The molecular weight excluding hydrogens is 513 g/mol. The summed E-state index contributed by atoms with van der Waals surface area (Å²) in [6.07, 6.45) is 0. The maximum atomic E-state index is 12.9. The van der Waals surface area contributed by atoms with E-state index in [1.165, 1.54) is 35.1 Å². The third-order valence-electron chi connectivity index (χ3n) is 5.60. The van der Waals surface area contributed by atoms with Gasteiger partial charge in [0.2, 0.25) is 5.91 Å². The number of hydrogen-bond donors (Lipinski definition) is 1. The molecule has 0 aliphatic carbocycles. The summed E-state index contributed by atoms with van der Waals surface area (Å²) >= 11 is 4.41. The molecule has 0 unspecified atom stereocenters. The largest absolute Gasteiger partial charge is 0.465 e. The zero-order valence-corrected chi connectivity index (χ0v) is 23.3. The van der Waals surface area contributed by atoms with Gasteiger partial charge in [0.15, 0.2) is 11.0 Å². The first-order chi connectivity index (χ1) is 17.3. The Balaban J connectivity index is 1.52. The monoisotopic (exact) mass is 540 g/mol. The number of ether oxygens (including phenoxy) is 1. The SMILES string of the molecule is CCn1c(SCC(=O)Nc2sc(C)c(-c3ccccc3)c2C(=O)OC)nnc1-c1csc(C(C)C)c1. The molecule has 0 spiro atoms. The predicted octanol–water partition coefficient (Wildman–Crippen LogP) is 6.70. The number of benzene rings is 1. The number of carbonyl (C=O) groups excluding carboxylic acids is 2. The molecule has 3 heterocycles. The number of esters is 1. The van der Waals surface area contributed by atoms with Crippen molar-refractivity contribution in [3.63, 3.8) is 0 Å². The summed E-state index contributed by atoms with van der Waals surface area (Å²) < 4.78 is 7.07. The average Bonchev–Trinajstić information content (AvgIpc) is 3.59. The van der Waals surface area contributed by atoms with Crippen LogP contribution in [0.4, 0.5) is 5.00 Å². The van der Waals surface area contributed by atoms with Crippen LogP contribution in [0.5, 0.6) is 0 Å². The Morgan fingerprint density at radius 1 is 1.17 bits per heavy atom. The summed E-state index contributed by atoms with van der Waals surface area (Å²) in [5.74, 6) is 0.691. The first-order valence-electron chi connectivity index (χ1n) is 11.6. The number of anilines is 1. The number of hydrogen-bond acceptors (Lipinski definition) is 8. The molecule has 0 fully saturated rings. The minimum atomic E-state index is -0.479. The molecule has 0 saturated carbocycles. The molecule has 1 amide bonds. The van der Waals surface area contributed by atoms with E-state index >= 15 is 0 Å². The highest BCUT2D eigenvalue weighted by Gasteiger charge is 2.25. The van der Waals surface area contributed by atoms with Crippen LogP contribution in [0.1, 0.15) is 46.8 Å². The Hall–Kier alpha value is -2.95. The summed E-state index contributed by atoms with van der Waals surface area (Å²) in [6, 6.07) is 11.8. The van der Waals surface area contributed by atoms with E-state index in [1.54, 1.807) is 11.3 Å². The maximum absolute atomic E-state index is 12.9. The average molecular weight is 541 g/mol. The minimum absolute atomic E-state index is 0.136. The van der Waals surface area contributed by atoms with E-state index in [2.05, 4.69) is 40.8 Å². The fourth-order valence-corrected chi connectivity index (χ4v) is 6.63. The zero-order valence-electron chi connectivity index (χ0n) is 20.8. The van der Waals surface area contributed by atoms with Crippen molar-refractivity contribution in [3.05, 3.63) is 57.1 Å². The number of thiophene rings is 2. The maximum Gasteiger partial charge on any atom is 0.341 e. The van der Waals surface area contributed by atoms with Crippen molar-refractivity contribution in [1.29, 1.82) is 0 Å². The first kappa shape index (κ1) is 26.1. The molecule has 0 atom stereocenters. The van der Waals surface area contributed by atoms with Gasteiger partial charge in [-0.15, -0.1) is 32.9 Å². The lowest BCUT2D eigenvalue weighted by atomic mass is 10.0. The number of aryl methyl sites for hydroxylation is 1. The molecule has 1 aromatic carbocycles. The van der Waals surface area contributed by atoms with Crippen molar-refractivity contribution in [2.45, 2.75) is 45.3 Å². The molecular formula is C26H28N4O3S3. The van der Waals surface area contributed by atoms with Crippen LogP contribution < -0.4 is 5.32 Å². The number of methoxy groups -OCH3 is 1. The summed E-state index contributed by atoms with van der Waals surface area (Å²) in [5, 5.41) is 14.9. The molecule has 0 radical (unpaired) electrons. The van der Waals surface area contributed by atoms with Gasteiger partial charge in [0.25, 0.3) is 0 Å². The normalized spacial score (nSPS) is 11.2. The molecule has 0 bridgehead atoms. The van der Waals surface area contributed by atoms with Gasteiger partial charge in [-0.05, 0) is 31.4 Å². The van der Waals surface area contributed by atoms with E-state index in [9.17, 15) is 9.59 Å². The fraction of sp³-hybridized carbons (Fsp3) is 0.308. The van der Waals surface area contributed by atoms with Crippen molar-refractivity contribution in [3.8, 4) is 22.5 Å². The van der Waals surface area contributed by atoms with Crippen LogP contribution in [-0.2, 0) is 16.1 Å². The molecule has 10 heteroatoms. The second-order valence-electron chi connectivity index (χ2n) is 8.37. The van der Waals surface area contributed by atoms with Gasteiger partial charge in [0.05, 0.1) is 12.9 Å². The van der Waals surface area contributed by atoms with E-state index in [1.807, 2.05) is 48.7 Å². The van der Waals surface area contributed by atoms with Crippen molar-refractivity contribution in [2.24, 2.45) is 0 Å². The Labute approximate surface area is 222 Å². The number of amides is 1. The second-order valence-corrected chi connectivity index (χ2v) is 11.5. The number of aromatic nitrogens is 3. The van der Waals surface area contributed by atoms with E-state index in [0.717, 1.165) is 27.4 Å². The Morgan fingerprint density at radius 3 is 2.56 bits per heavy atom. The summed E-state index contributed by atoms with van der Waals surface area (Å²) in [5.41, 5.74) is 3.10. The van der Waals surface area contributed by atoms with Crippen LogP contribution in [0.3, 0.4) is 0 Å². The lowest BCUT2D eigenvalue weighted by Gasteiger charge is -2.09. The fourth-order valence-electron chi connectivity index (χ4n) is 3.84. The Kier molecular flexibility index (Phi) is 8.28. The molecule has 7 nitrogen and oxygen atoms in total. The molecule has 36 heavy (non-hydrogen) atoms. The zero-order chi connectivity index (χ0) is 25.8. The van der Waals surface area contributed by atoms with E-state index in [-0.39, 0.29) is 11.7 Å². The van der Waals surface area contributed by atoms with Crippen molar-refractivity contribution < 1.29 is 14.3 Å². The Bertz CT molecular complexity index is 1370. The molecule has 3 aromatic heterocycles. The quantitative estimate of drug-likeness (QED) is 0.188. The van der Waals surface area contributed by atoms with Gasteiger partial charge in [-0.3, -0.25) is 4.79 Å². The standard InChI is InChI=1S/C26H28N4O3S3/c1-6-30-23(18-12-19(15(2)3)34-13-18)28-29-26(30)35-14-20(31)27-24-22(25(32)33-5)21(16(4)36-24)17-10-8-7-9-11-17/h7-13,15H,6,14H2,1-5H3,(H,27,31). The van der Waals surface area contributed by atoms with Crippen LogP contribution in [0.2, 0.25) is 0 Å². The lowest BCUT2D eigenvalue weighted by Crippen LogP contribution is -2.16. The molecule has 4 aromatic rings. The van der Waals surface area contributed by atoms with Crippen LogP contribution in [0, 0.1) is 6.92 Å². The highest BCUT2D eigenvalue weighted by atomic mass is 32.2. The number of thioether (sulfide) groups is 1. The van der Waals surface area contributed by atoms with Gasteiger partial charge in [-0.25, -0.2) is 4.79 Å². The predicted molar refractivity (Wildman–Crippen MR) is 148 cm³/mol. The number of nitrogens with one attached hydrogen (secondary N) is 1. The van der Waals surface area contributed by atoms with Crippen molar-refractivity contribution in [2.75, 3.05) is 18.2 Å². The summed E-state index contributed by atoms with van der Waals surface area (Å²) in [7, 11) is 1.35. The third kappa shape index (κ3) is 5.40. The molecule has 188 valence electrons. The van der Waals surface area contributed by atoms with Crippen molar-refractivity contribution >= 4 is 51.3 Å². The molecule has 0 saturated heterocycles. The third-order valence-corrected chi connectivity index (χ3v) is 8.82. The summed E-state index contributed by atoms with van der Waals surface area (Å²) in [6.45, 7) is 9.00. The smallest absolute Gasteiger partial charge is 0.341 e. The highest BCUT2D eigenvalue weighted by Crippen LogP contribution is 2.40. The van der Waals surface area contributed by atoms with Crippen LogP contribution >= 0.6 is 34.4 Å².